The number of nitrogens with one attached hydrogen (secondary N) is 1. The van der Waals surface area contributed by atoms with Crippen molar-refractivity contribution in [2.45, 2.75) is 110 Å². The zero-order valence-electron chi connectivity index (χ0n) is 15.1. The molecule has 1 atom stereocenters. The van der Waals surface area contributed by atoms with Crippen LogP contribution in [0.1, 0.15) is 104 Å². The number of unbranched alkanes of at least 4 members (excludes halogenated alkanes) is 6. The van der Waals surface area contributed by atoms with Gasteiger partial charge < -0.3 is 5.32 Å². The first-order chi connectivity index (χ1) is 10.3. The van der Waals surface area contributed by atoms with Crippen LogP contribution < -0.4 is 5.32 Å². The highest BCUT2D eigenvalue weighted by Gasteiger charge is 2.25. The lowest BCUT2D eigenvalue weighted by molar-refractivity contribution is 0.219. The molecule has 0 aromatic heterocycles. The fraction of sp³-hybridized carbons (Fsp3) is 1.00. The van der Waals surface area contributed by atoms with Crippen LogP contribution in [0.3, 0.4) is 0 Å². The molecule has 1 aliphatic rings. The van der Waals surface area contributed by atoms with E-state index < -0.39 is 0 Å². The number of hydrogen-bond acceptors (Lipinski definition) is 1. The molecular formula is C20H41N. The molecule has 1 unspecified atom stereocenters. The first kappa shape index (κ1) is 19.0. The summed E-state index contributed by atoms with van der Waals surface area (Å²) in [5.41, 5.74) is 0. The molecule has 0 aliphatic heterocycles. The Kier molecular flexibility index (Phi) is 11.3. The van der Waals surface area contributed by atoms with Crippen LogP contribution in [0.4, 0.5) is 0 Å². The Balaban J connectivity index is 2.17. The minimum Gasteiger partial charge on any atom is -0.314 e. The summed E-state index contributed by atoms with van der Waals surface area (Å²) < 4.78 is 0. The van der Waals surface area contributed by atoms with Gasteiger partial charge in [0.2, 0.25) is 0 Å². The second-order valence-corrected chi connectivity index (χ2v) is 7.49. The van der Waals surface area contributed by atoms with Crippen molar-refractivity contribution >= 4 is 0 Å². The van der Waals surface area contributed by atoms with E-state index in [9.17, 15) is 0 Å². The monoisotopic (exact) mass is 295 g/mol. The van der Waals surface area contributed by atoms with Crippen LogP contribution in [0.15, 0.2) is 0 Å². The SMILES string of the molecule is CCCCCCCCCC(NCCC)C1CCC(C)CC1. The standard InChI is InChI=1S/C20H41N/c1-4-6-7-8-9-10-11-12-20(21-17-5-2)19-15-13-18(3)14-16-19/h18-21H,4-17H2,1-3H3. The van der Waals surface area contributed by atoms with Crippen molar-refractivity contribution in [2.75, 3.05) is 6.54 Å². The highest BCUT2D eigenvalue weighted by atomic mass is 14.9. The van der Waals surface area contributed by atoms with E-state index in [-0.39, 0.29) is 0 Å². The molecule has 0 heterocycles. The summed E-state index contributed by atoms with van der Waals surface area (Å²) in [4.78, 5) is 0. The molecule has 1 nitrogen and oxygen atoms in total. The van der Waals surface area contributed by atoms with Gasteiger partial charge in [-0.1, -0.05) is 78.6 Å². The predicted octanol–water partition coefficient (Wildman–Crippen LogP) is 6.32. The molecule has 1 N–H and O–H groups in total. The molecule has 0 aromatic rings. The van der Waals surface area contributed by atoms with Gasteiger partial charge in [-0.3, -0.25) is 0 Å². The zero-order valence-corrected chi connectivity index (χ0v) is 15.1. The van der Waals surface area contributed by atoms with Gasteiger partial charge in [-0.2, -0.15) is 0 Å². The Labute approximate surface area is 134 Å². The molecule has 1 heteroatoms. The van der Waals surface area contributed by atoms with Crippen molar-refractivity contribution in [3.63, 3.8) is 0 Å². The molecule has 0 spiro atoms. The van der Waals surface area contributed by atoms with Gasteiger partial charge in [-0.25, -0.2) is 0 Å². The molecule has 1 fully saturated rings. The first-order valence-corrected chi connectivity index (χ1v) is 10.0. The van der Waals surface area contributed by atoms with Gasteiger partial charge in [0.05, 0.1) is 0 Å². The number of rotatable bonds is 12. The van der Waals surface area contributed by atoms with Gasteiger partial charge in [0, 0.05) is 6.04 Å². The average molecular weight is 296 g/mol. The van der Waals surface area contributed by atoms with E-state index in [1.54, 1.807) is 0 Å². The maximum Gasteiger partial charge on any atom is 0.00953 e. The van der Waals surface area contributed by atoms with Crippen LogP contribution in [0.2, 0.25) is 0 Å². The topological polar surface area (TPSA) is 12.0 Å². The maximum atomic E-state index is 3.87. The van der Waals surface area contributed by atoms with E-state index in [0.29, 0.717) is 0 Å². The van der Waals surface area contributed by atoms with Crippen LogP contribution in [0.5, 0.6) is 0 Å². The van der Waals surface area contributed by atoms with Gasteiger partial charge in [-0.05, 0) is 44.1 Å². The largest absolute Gasteiger partial charge is 0.314 e. The Bertz CT molecular complexity index is 218. The molecular weight excluding hydrogens is 254 g/mol. The van der Waals surface area contributed by atoms with Crippen molar-refractivity contribution in [1.82, 2.24) is 5.32 Å². The van der Waals surface area contributed by atoms with Crippen LogP contribution >= 0.6 is 0 Å². The van der Waals surface area contributed by atoms with Crippen molar-refractivity contribution in [2.24, 2.45) is 11.8 Å². The van der Waals surface area contributed by atoms with Gasteiger partial charge >= 0.3 is 0 Å². The summed E-state index contributed by atoms with van der Waals surface area (Å²) >= 11 is 0. The molecule has 0 aromatic carbocycles. The summed E-state index contributed by atoms with van der Waals surface area (Å²) in [7, 11) is 0. The van der Waals surface area contributed by atoms with Gasteiger partial charge in [0.1, 0.15) is 0 Å². The third-order valence-electron chi connectivity index (χ3n) is 5.40. The third kappa shape index (κ3) is 8.86. The molecule has 1 aliphatic carbocycles. The Morgan fingerprint density at radius 1 is 0.810 bits per heavy atom. The van der Waals surface area contributed by atoms with E-state index in [2.05, 4.69) is 26.1 Å². The third-order valence-corrected chi connectivity index (χ3v) is 5.40. The number of hydrogen-bond donors (Lipinski definition) is 1. The van der Waals surface area contributed by atoms with E-state index in [1.807, 2.05) is 0 Å². The van der Waals surface area contributed by atoms with Gasteiger partial charge in [0.15, 0.2) is 0 Å². The van der Waals surface area contributed by atoms with E-state index in [0.717, 1.165) is 17.9 Å². The maximum absolute atomic E-state index is 3.87. The van der Waals surface area contributed by atoms with Gasteiger partial charge in [-0.15, -0.1) is 0 Å². The predicted molar refractivity (Wildman–Crippen MR) is 95.8 cm³/mol. The molecule has 0 radical (unpaired) electrons. The fourth-order valence-corrected chi connectivity index (χ4v) is 3.84. The zero-order chi connectivity index (χ0) is 15.3. The lowest BCUT2D eigenvalue weighted by Crippen LogP contribution is -2.38. The minimum absolute atomic E-state index is 0.813. The Morgan fingerprint density at radius 3 is 2.05 bits per heavy atom. The van der Waals surface area contributed by atoms with E-state index >= 15 is 0 Å². The van der Waals surface area contributed by atoms with Crippen molar-refractivity contribution in [1.29, 1.82) is 0 Å². The van der Waals surface area contributed by atoms with Crippen molar-refractivity contribution in [3.05, 3.63) is 0 Å². The quantitative estimate of drug-likeness (QED) is 0.415. The second-order valence-electron chi connectivity index (χ2n) is 7.49. The molecule has 0 saturated heterocycles. The van der Waals surface area contributed by atoms with E-state index in [4.69, 9.17) is 0 Å². The van der Waals surface area contributed by atoms with Crippen LogP contribution in [-0.2, 0) is 0 Å². The normalized spacial score (nSPS) is 24.1. The summed E-state index contributed by atoms with van der Waals surface area (Å²) in [5, 5.41) is 3.87. The molecule has 0 amide bonds. The van der Waals surface area contributed by atoms with Crippen LogP contribution in [-0.4, -0.2) is 12.6 Å². The van der Waals surface area contributed by atoms with Gasteiger partial charge in [0.25, 0.3) is 0 Å². The lowest BCUT2D eigenvalue weighted by atomic mass is 9.78. The molecule has 126 valence electrons. The van der Waals surface area contributed by atoms with Crippen LogP contribution in [0.25, 0.3) is 0 Å². The average Bonchev–Trinajstić information content (AvgIpc) is 2.50. The highest BCUT2D eigenvalue weighted by Crippen LogP contribution is 2.32. The molecule has 21 heavy (non-hydrogen) atoms. The fourth-order valence-electron chi connectivity index (χ4n) is 3.84. The highest BCUT2D eigenvalue weighted by molar-refractivity contribution is 4.81. The summed E-state index contributed by atoms with van der Waals surface area (Å²) in [6.07, 6.45) is 18.6. The minimum atomic E-state index is 0.813. The van der Waals surface area contributed by atoms with E-state index in [1.165, 1.54) is 90.0 Å². The van der Waals surface area contributed by atoms with Crippen LogP contribution in [0, 0.1) is 11.8 Å². The summed E-state index contributed by atoms with van der Waals surface area (Å²) in [6, 6.07) is 0.813. The first-order valence-electron chi connectivity index (χ1n) is 10.0. The summed E-state index contributed by atoms with van der Waals surface area (Å²) in [5.74, 6) is 1.94. The van der Waals surface area contributed by atoms with Crippen molar-refractivity contribution in [3.8, 4) is 0 Å². The second kappa shape index (κ2) is 12.5. The lowest BCUT2D eigenvalue weighted by Gasteiger charge is -2.33. The van der Waals surface area contributed by atoms with Crippen molar-refractivity contribution < 1.29 is 0 Å². The Hall–Kier alpha value is -0.0400. The Morgan fingerprint density at radius 2 is 1.43 bits per heavy atom. The molecule has 1 saturated carbocycles. The molecule has 0 bridgehead atoms. The smallest absolute Gasteiger partial charge is 0.00953 e. The summed E-state index contributed by atoms with van der Waals surface area (Å²) in [6.45, 7) is 8.24. The molecule has 1 rings (SSSR count).